The van der Waals surface area contributed by atoms with Crippen LogP contribution >= 0.6 is 39.3 Å². The second kappa shape index (κ2) is 15.5. The van der Waals surface area contributed by atoms with Crippen molar-refractivity contribution < 1.29 is 28.3 Å². The van der Waals surface area contributed by atoms with Crippen molar-refractivity contribution in [1.82, 2.24) is 5.32 Å². The number of halogens is 3. The molecule has 2 N–H and O–H groups in total. The fourth-order valence-electron chi connectivity index (χ4n) is 5.01. The minimum Gasteiger partial charge on any atom is -0.457 e. The van der Waals surface area contributed by atoms with Crippen LogP contribution in [0.2, 0.25) is 5.02 Å². The second-order valence-electron chi connectivity index (χ2n) is 10.9. The Kier molecular flexibility index (Phi) is 10.8. The van der Waals surface area contributed by atoms with E-state index >= 15 is 0 Å². The van der Waals surface area contributed by atoms with Gasteiger partial charge in [-0.1, -0.05) is 57.9 Å². The van der Waals surface area contributed by atoms with Gasteiger partial charge in [-0.05, 0) is 97.1 Å². The molecule has 1 atom stereocenters. The summed E-state index contributed by atoms with van der Waals surface area (Å²) in [6.07, 6.45) is 1.24. The fraction of sp³-hybridized carbons (Fsp3) is 0.0526. The summed E-state index contributed by atoms with van der Waals surface area (Å²) in [6, 6.07) is 32.9. The van der Waals surface area contributed by atoms with Crippen molar-refractivity contribution in [3.05, 3.63) is 153 Å². The minimum atomic E-state index is -0.701. The Morgan fingerprint density at radius 2 is 1.56 bits per heavy atom. The van der Waals surface area contributed by atoms with Crippen LogP contribution in [0.3, 0.4) is 0 Å². The number of imide groups is 1. The number of carbonyl (C=O) groups is 4. The summed E-state index contributed by atoms with van der Waals surface area (Å²) in [6.45, 7) is 0. The van der Waals surface area contributed by atoms with Crippen LogP contribution in [-0.2, 0) is 14.4 Å². The summed E-state index contributed by atoms with van der Waals surface area (Å²) in [5, 5.41) is 5.23. The Labute approximate surface area is 304 Å². The average molecular weight is 771 g/mol. The van der Waals surface area contributed by atoms with Gasteiger partial charge in [-0.3, -0.25) is 19.2 Å². The molecule has 0 unspecified atom stereocenters. The topological polar surface area (TPSA) is 105 Å². The van der Waals surface area contributed by atoms with Gasteiger partial charge < -0.3 is 15.4 Å². The predicted molar refractivity (Wildman–Crippen MR) is 196 cm³/mol. The molecule has 1 heterocycles. The summed E-state index contributed by atoms with van der Waals surface area (Å²) >= 11 is 10.4. The molecule has 4 amide bonds. The van der Waals surface area contributed by atoms with E-state index in [1.807, 2.05) is 0 Å². The van der Waals surface area contributed by atoms with E-state index in [2.05, 4.69) is 26.6 Å². The van der Waals surface area contributed by atoms with Gasteiger partial charge in [-0.15, -0.1) is 11.8 Å². The molecule has 6 rings (SSSR count). The highest BCUT2D eigenvalue weighted by molar-refractivity contribution is 9.10. The maximum Gasteiger partial charge on any atom is 0.272 e. The summed E-state index contributed by atoms with van der Waals surface area (Å²) in [4.78, 5) is 54.7. The zero-order valence-electron chi connectivity index (χ0n) is 25.9. The van der Waals surface area contributed by atoms with Crippen LogP contribution in [0.15, 0.2) is 136 Å². The summed E-state index contributed by atoms with van der Waals surface area (Å²) in [7, 11) is 0. The molecule has 0 radical (unpaired) electrons. The first kappa shape index (κ1) is 34.6. The normalized spacial score (nSPS) is 14.4. The number of benzene rings is 5. The summed E-state index contributed by atoms with van der Waals surface area (Å²) in [5.41, 5.74) is 0.972. The Bertz CT molecular complexity index is 2090. The molecular formula is C38H26BrClFN3O5S. The molecule has 0 saturated carbocycles. The van der Waals surface area contributed by atoms with E-state index in [0.29, 0.717) is 42.8 Å². The maximum absolute atomic E-state index is 14.7. The first-order valence-corrected chi connectivity index (χ1v) is 17.2. The number of hydrogen-bond acceptors (Lipinski definition) is 6. The minimum absolute atomic E-state index is 0.0148. The van der Waals surface area contributed by atoms with Crippen LogP contribution in [0.5, 0.6) is 11.5 Å². The van der Waals surface area contributed by atoms with E-state index in [-0.39, 0.29) is 29.5 Å². The molecule has 5 aromatic rings. The fourth-order valence-corrected chi connectivity index (χ4v) is 6.71. The molecule has 5 aromatic carbocycles. The lowest BCUT2D eigenvalue weighted by Crippen LogP contribution is -2.31. The van der Waals surface area contributed by atoms with Crippen molar-refractivity contribution in [3.63, 3.8) is 0 Å². The molecule has 8 nitrogen and oxygen atoms in total. The van der Waals surface area contributed by atoms with Crippen molar-refractivity contribution in [1.29, 1.82) is 0 Å². The second-order valence-corrected chi connectivity index (χ2v) is 13.5. The van der Waals surface area contributed by atoms with Gasteiger partial charge in [0.15, 0.2) is 0 Å². The Balaban J connectivity index is 1.15. The highest BCUT2D eigenvalue weighted by Gasteiger charge is 2.40. The van der Waals surface area contributed by atoms with E-state index in [1.54, 1.807) is 109 Å². The molecule has 0 bridgehead atoms. The van der Waals surface area contributed by atoms with Crippen LogP contribution in [0.1, 0.15) is 22.3 Å². The molecular weight excluding hydrogens is 745 g/mol. The lowest BCUT2D eigenvalue weighted by atomic mass is 10.1. The quantitative estimate of drug-likeness (QED) is 0.109. The van der Waals surface area contributed by atoms with Gasteiger partial charge in [0, 0.05) is 37.6 Å². The number of rotatable bonds is 10. The molecule has 250 valence electrons. The smallest absolute Gasteiger partial charge is 0.272 e. The Morgan fingerprint density at radius 3 is 2.26 bits per heavy atom. The molecule has 12 heteroatoms. The number of amides is 4. The molecule has 0 aromatic heterocycles. The van der Waals surface area contributed by atoms with Crippen molar-refractivity contribution in [2.24, 2.45) is 0 Å². The van der Waals surface area contributed by atoms with Gasteiger partial charge in [0.25, 0.3) is 11.8 Å². The van der Waals surface area contributed by atoms with E-state index < -0.39 is 22.9 Å². The van der Waals surface area contributed by atoms with Crippen LogP contribution in [0.4, 0.5) is 15.8 Å². The highest BCUT2D eigenvalue weighted by atomic mass is 79.9. The van der Waals surface area contributed by atoms with E-state index in [4.69, 9.17) is 16.3 Å². The largest absolute Gasteiger partial charge is 0.457 e. The number of thioether (sulfide) groups is 1. The molecule has 0 aliphatic carbocycles. The summed E-state index contributed by atoms with van der Waals surface area (Å²) in [5.74, 6) is -1.44. The van der Waals surface area contributed by atoms with Gasteiger partial charge >= 0.3 is 0 Å². The number of hydrogen-bond donors (Lipinski definition) is 2. The number of carbonyl (C=O) groups excluding carboxylic acids is 4. The van der Waals surface area contributed by atoms with Gasteiger partial charge in [0.05, 0.1) is 10.9 Å². The standard InChI is InChI=1S/C38H26BrClFN3O5S/c39-31-10-5-11-32(41)30(31)21-33(43-36(46)23-6-2-1-3-7-23)37(47)42-25-8-4-9-29(20-25)50-34-22-35(45)44(38(34)48)26-14-18-28(19-15-26)49-27-16-12-24(40)13-17-27/h1-21,34H,22H2,(H,42,47)(H,43,46)/b33-21-/t34-/m0/s1. The lowest BCUT2D eigenvalue weighted by molar-refractivity contribution is -0.121. The Hall–Kier alpha value is -5.23. The monoisotopic (exact) mass is 769 g/mol. The molecule has 50 heavy (non-hydrogen) atoms. The van der Waals surface area contributed by atoms with Gasteiger partial charge in [0.1, 0.15) is 23.0 Å². The van der Waals surface area contributed by atoms with Crippen molar-refractivity contribution in [3.8, 4) is 11.5 Å². The van der Waals surface area contributed by atoms with Crippen molar-refractivity contribution >= 4 is 80.4 Å². The lowest BCUT2D eigenvalue weighted by Gasteiger charge is -2.16. The number of anilines is 2. The molecule has 0 spiro atoms. The van der Waals surface area contributed by atoms with Crippen LogP contribution in [0, 0.1) is 5.82 Å². The SMILES string of the molecule is O=C(Nc1cccc(S[C@H]2CC(=O)N(c3ccc(Oc4ccc(Cl)cc4)cc3)C2=O)c1)/C(=C/c1c(F)cccc1Br)NC(=O)c1ccccc1. The third-order valence-corrected chi connectivity index (χ3v) is 9.56. The first-order valence-electron chi connectivity index (χ1n) is 15.1. The van der Waals surface area contributed by atoms with Gasteiger partial charge in [-0.25, -0.2) is 9.29 Å². The van der Waals surface area contributed by atoms with Crippen LogP contribution in [0.25, 0.3) is 6.08 Å². The number of nitrogens with one attached hydrogen (secondary N) is 2. The zero-order valence-corrected chi connectivity index (χ0v) is 29.1. The molecule has 1 saturated heterocycles. The van der Waals surface area contributed by atoms with E-state index in [1.165, 1.54) is 30.0 Å². The average Bonchev–Trinajstić information content (AvgIpc) is 3.39. The van der Waals surface area contributed by atoms with Crippen LogP contribution in [-0.4, -0.2) is 28.9 Å². The summed E-state index contributed by atoms with van der Waals surface area (Å²) < 4.78 is 20.9. The third-order valence-electron chi connectivity index (χ3n) is 7.44. The number of ether oxygens (including phenoxy) is 1. The first-order chi connectivity index (χ1) is 24.1. The van der Waals surface area contributed by atoms with E-state index in [9.17, 15) is 23.6 Å². The molecule has 1 aliphatic rings. The Morgan fingerprint density at radius 1 is 0.880 bits per heavy atom. The third kappa shape index (κ3) is 8.31. The number of nitrogens with zero attached hydrogens (tertiary/aromatic N) is 1. The van der Waals surface area contributed by atoms with Gasteiger partial charge in [-0.2, -0.15) is 0 Å². The highest BCUT2D eigenvalue weighted by Crippen LogP contribution is 2.36. The van der Waals surface area contributed by atoms with Crippen LogP contribution < -0.4 is 20.3 Å². The maximum atomic E-state index is 14.7. The zero-order chi connectivity index (χ0) is 35.2. The van der Waals surface area contributed by atoms with Crippen molar-refractivity contribution in [2.75, 3.05) is 10.2 Å². The molecule has 1 fully saturated rings. The molecule has 1 aliphatic heterocycles. The van der Waals surface area contributed by atoms with Gasteiger partial charge in [0.2, 0.25) is 11.8 Å². The van der Waals surface area contributed by atoms with Crippen molar-refractivity contribution in [2.45, 2.75) is 16.6 Å². The van der Waals surface area contributed by atoms with E-state index in [0.717, 1.165) is 4.90 Å². The predicted octanol–water partition coefficient (Wildman–Crippen LogP) is 8.87.